The van der Waals surface area contributed by atoms with E-state index >= 15 is 0 Å². The van der Waals surface area contributed by atoms with Crippen LogP contribution in [0.4, 0.5) is 0 Å². The zero-order valence-electron chi connectivity index (χ0n) is 9.76. The minimum Gasteiger partial charge on any atom is -0.350 e. The molecule has 0 aromatic heterocycles. The highest BCUT2D eigenvalue weighted by atomic mass is 16.7. The molecule has 0 atom stereocenters. The van der Waals surface area contributed by atoms with Crippen LogP contribution in [0.2, 0.25) is 0 Å². The maximum atomic E-state index is 6.13. The Morgan fingerprint density at radius 2 is 1.40 bits per heavy atom. The van der Waals surface area contributed by atoms with Crippen molar-refractivity contribution >= 4 is 0 Å². The summed E-state index contributed by atoms with van der Waals surface area (Å²) in [6.45, 7) is 3.82. The summed E-state index contributed by atoms with van der Waals surface area (Å²) in [5.74, 6) is -0.292. The molecule has 0 radical (unpaired) electrons. The summed E-state index contributed by atoms with van der Waals surface area (Å²) in [7, 11) is 0. The third kappa shape index (κ3) is 2.92. The normalized spacial score (nSPS) is 30.8. The van der Waals surface area contributed by atoms with Gasteiger partial charge in [0, 0.05) is 18.4 Å². The number of ether oxygens (including phenoxy) is 2. The Balaban J connectivity index is 1.93. The SMILES string of the molecule is CC1(N)CCC2(CC1)OCCCCCO2. The van der Waals surface area contributed by atoms with E-state index < -0.39 is 0 Å². The van der Waals surface area contributed by atoms with Gasteiger partial charge in [-0.25, -0.2) is 0 Å². The predicted octanol–water partition coefficient (Wildman–Crippen LogP) is 2.19. The van der Waals surface area contributed by atoms with Gasteiger partial charge in [-0.1, -0.05) is 0 Å². The maximum absolute atomic E-state index is 6.13. The van der Waals surface area contributed by atoms with Gasteiger partial charge >= 0.3 is 0 Å². The highest BCUT2D eigenvalue weighted by Crippen LogP contribution is 2.37. The summed E-state index contributed by atoms with van der Waals surface area (Å²) in [6.07, 6.45) is 7.50. The first-order valence-electron chi connectivity index (χ1n) is 6.19. The zero-order chi connectivity index (χ0) is 10.8. The minimum absolute atomic E-state index is 0.0136. The van der Waals surface area contributed by atoms with Gasteiger partial charge in [0.1, 0.15) is 0 Å². The molecule has 15 heavy (non-hydrogen) atoms. The van der Waals surface area contributed by atoms with Crippen molar-refractivity contribution in [2.75, 3.05) is 13.2 Å². The molecule has 2 N–H and O–H groups in total. The van der Waals surface area contributed by atoms with E-state index in [9.17, 15) is 0 Å². The Hall–Kier alpha value is -0.120. The van der Waals surface area contributed by atoms with Crippen molar-refractivity contribution in [3.05, 3.63) is 0 Å². The minimum atomic E-state index is -0.292. The lowest BCUT2D eigenvalue weighted by molar-refractivity contribution is -0.262. The van der Waals surface area contributed by atoms with Crippen LogP contribution in [0.15, 0.2) is 0 Å². The Morgan fingerprint density at radius 3 is 1.93 bits per heavy atom. The smallest absolute Gasteiger partial charge is 0.168 e. The summed E-state index contributed by atoms with van der Waals surface area (Å²) in [4.78, 5) is 0. The van der Waals surface area contributed by atoms with Crippen LogP contribution < -0.4 is 5.73 Å². The van der Waals surface area contributed by atoms with Crippen molar-refractivity contribution in [3.63, 3.8) is 0 Å². The van der Waals surface area contributed by atoms with Crippen molar-refractivity contribution < 1.29 is 9.47 Å². The quantitative estimate of drug-likeness (QED) is 0.671. The van der Waals surface area contributed by atoms with E-state index in [1.54, 1.807) is 0 Å². The molecule has 2 rings (SSSR count). The Bertz CT molecular complexity index is 196. The number of hydrogen-bond acceptors (Lipinski definition) is 3. The van der Waals surface area contributed by atoms with Crippen LogP contribution in [0.1, 0.15) is 51.9 Å². The molecule has 0 unspecified atom stereocenters. The fraction of sp³-hybridized carbons (Fsp3) is 1.00. The third-order valence-corrected chi connectivity index (χ3v) is 3.67. The fourth-order valence-corrected chi connectivity index (χ4v) is 2.43. The van der Waals surface area contributed by atoms with Crippen LogP contribution in [0.3, 0.4) is 0 Å². The average Bonchev–Trinajstić information content (AvgIpc) is 2.15. The standard InChI is InChI=1S/C12H23NO2/c1-11(13)5-7-12(8-6-11)14-9-3-2-4-10-15-12/h2-10,13H2,1H3. The van der Waals surface area contributed by atoms with Gasteiger partial charge in [-0.2, -0.15) is 0 Å². The molecule has 3 nitrogen and oxygen atoms in total. The summed E-state index contributed by atoms with van der Waals surface area (Å²) in [5, 5.41) is 0. The molecule has 1 aliphatic carbocycles. The number of hydrogen-bond donors (Lipinski definition) is 1. The van der Waals surface area contributed by atoms with Crippen molar-refractivity contribution in [3.8, 4) is 0 Å². The number of rotatable bonds is 0. The van der Waals surface area contributed by atoms with Crippen molar-refractivity contribution in [1.29, 1.82) is 0 Å². The molecule has 0 aromatic carbocycles. The highest BCUT2D eigenvalue weighted by Gasteiger charge is 2.40. The van der Waals surface area contributed by atoms with Gasteiger partial charge in [-0.05, 0) is 39.0 Å². The third-order valence-electron chi connectivity index (χ3n) is 3.67. The van der Waals surface area contributed by atoms with Crippen LogP contribution in [0, 0.1) is 0 Å². The molecule has 2 fully saturated rings. The molecule has 1 aliphatic heterocycles. The molecule has 1 spiro atoms. The summed E-state index contributed by atoms with van der Waals surface area (Å²) < 4.78 is 11.9. The van der Waals surface area contributed by atoms with Gasteiger partial charge in [0.25, 0.3) is 0 Å². The van der Waals surface area contributed by atoms with E-state index in [1.807, 2.05) is 0 Å². The first-order chi connectivity index (χ1) is 7.12. The summed E-state index contributed by atoms with van der Waals surface area (Å²) in [6, 6.07) is 0. The first kappa shape index (κ1) is 11.4. The molecule has 0 aromatic rings. The molecular weight excluding hydrogens is 190 g/mol. The number of nitrogens with two attached hydrogens (primary N) is 1. The second kappa shape index (κ2) is 4.40. The second-order valence-electron chi connectivity index (χ2n) is 5.32. The van der Waals surface area contributed by atoms with Gasteiger partial charge in [-0.3, -0.25) is 0 Å². The topological polar surface area (TPSA) is 44.5 Å². The first-order valence-corrected chi connectivity index (χ1v) is 6.19. The molecule has 1 heterocycles. The molecule has 3 heteroatoms. The van der Waals surface area contributed by atoms with E-state index in [1.165, 1.54) is 19.3 Å². The van der Waals surface area contributed by atoms with E-state index in [4.69, 9.17) is 15.2 Å². The molecule has 1 saturated carbocycles. The Labute approximate surface area is 92.3 Å². The molecule has 0 bridgehead atoms. The van der Waals surface area contributed by atoms with Crippen LogP contribution in [0.25, 0.3) is 0 Å². The highest BCUT2D eigenvalue weighted by molar-refractivity contribution is 4.90. The van der Waals surface area contributed by atoms with Crippen LogP contribution in [0.5, 0.6) is 0 Å². The predicted molar refractivity (Wildman–Crippen MR) is 59.5 cm³/mol. The zero-order valence-corrected chi connectivity index (χ0v) is 9.76. The fourth-order valence-electron chi connectivity index (χ4n) is 2.43. The van der Waals surface area contributed by atoms with E-state index in [0.717, 1.165) is 38.9 Å². The van der Waals surface area contributed by atoms with Gasteiger partial charge in [-0.15, -0.1) is 0 Å². The lowest BCUT2D eigenvalue weighted by Gasteiger charge is -2.43. The lowest BCUT2D eigenvalue weighted by Crippen LogP contribution is -2.49. The second-order valence-corrected chi connectivity index (χ2v) is 5.32. The Kier molecular flexibility index (Phi) is 3.33. The van der Waals surface area contributed by atoms with E-state index in [0.29, 0.717) is 0 Å². The molecular formula is C12H23NO2. The van der Waals surface area contributed by atoms with Crippen LogP contribution in [-0.2, 0) is 9.47 Å². The van der Waals surface area contributed by atoms with Gasteiger partial charge in [0.15, 0.2) is 5.79 Å². The largest absolute Gasteiger partial charge is 0.350 e. The maximum Gasteiger partial charge on any atom is 0.168 e. The van der Waals surface area contributed by atoms with E-state index in [-0.39, 0.29) is 11.3 Å². The van der Waals surface area contributed by atoms with Gasteiger partial charge < -0.3 is 15.2 Å². The van der Waals surface area contributed by atoms with Crippen molar-refractivity contribution in [2.45, 2.75) is 63.2 Å². The summed E-state index contributed by atoms with van der Waals surface area (Å²) in [5.41, 5.74) is 6.11. The molecule has 0 amide bonds. The monoisotopic (exact) mass is 213 g/mol. The molecule has 1 saturated heterocycles. The van der Waals surface area contributed by atoms with Crippen LogP contribution >= 0.6 is 0 Å². The molecule has 2 aliphatic rings. The van der Waals surface area contributed by atoms with Gasteiger partial charge in [0.2, 0.25) is 0 Å². The van der Waals surface area contributed by atoms with Crippen molar-refractivity contribution in [1.82, 2.24) is 0 Å². The summed E-state index contributed by atoms with van der Waals surface area (Å²) >= 11 is 0. The average molecular weight is 213 g/mol. The lowest BCUT2D eigenvalue weighted by atomic mass is 9.80. The van der Waals surface area contributed by atoms with E-state index in [2.05, 4.69) is 6.92 Å². The van der Waals surface area contributed by atoms with Gasteiger partial charge in [0.05, 0.1) is 13.2 Å². The van der Waals surface area contributed by atoms with Crippen LogP contribution in [-0.4, -0.2) is 24.5 Å². The Morgan fingerprint density at radius 1 is 0.867 bits per heavy atom. The van der Waals surface area contributed by atoms with Crippen molar-refractivity contribution in [2.24, 2.45) is 5.73 Å². The molecule has 88 valence electrons.